The fourth-order valence-corrected chi connectivity index (χ4v) is 3.90. The van der Waals surface area contributed by atoms with Crippen molar-refractivity contribution < 1.29 is 9.90 Å². The summed E-state index contributed by atoms with van der Waals surface area (Å²) in [5.41, 5.74) is 3.64. The zero-order valence-corrected chi connectivity index (χ0v) is 13.1. The number of hydrogen-bond acceptors (Lipinski definition) is 3. The molecule has 0 bridgehead atoms. The average Bonchev–Trinajstić information content (AvgIpc) is 2.92. The van der Waals surface area contributed by atoms with Crippen LogP contribution in [0.25, 0.3) is 0 Å². The highest BCUT2D eigenvalue weighted by molar-refractivity contribution is 7.10. The van der Waals surface area contributed by atoms with E-state index in [0.29, 0.717) is 0 Å². The molecular weight excluding hydrogens is 282 g/mol. The Hall–Kier alpha value is -1.81. The van der Waals surface area contributed by atoms with Crippen molar-refractivity contribution >= 4 is 22.9 Å². The molecule has 4 heteroatoms. The molecule has 0 spiro atoms. The van der Waals surface area contributed by atoms with Gasteiger partial charge in [-0.15, -0.1) is 11.3 Å². The molecule has 1 aliphatic carbocycles. The van der Waals surface area contributed by atoms with Gasteiger partial charge in [-0.2, -0.15) is 0 Å². The van der Waals surface area contributed by atoms with Crippen LogP contribution >= 0.6 is 11.3 Å². The highest BCUT2D eigenvalue weighted by Gasteiger charge is 2.27. The molecule has 3 nitrogen and oxygen atoms in total. The number of fused-ring (bicyclic) bond motifs is 1. The zero-order valence-electron chi connectivity index (χ0n) is 12.3. The van der Waals surface area contributed by atoms with Gasteiger partial charge in [0.1, 0.15) is 5.75 Å². The molecule has 0 fully saturated rings. The monoisotopic (exact) mass is 301 g/mol. The van der Waals surface area contributed by atoms with Gasteiger partial charge in [-0.25, -0.2) is 0 Å². The van der Waals surface area contributed by atoms with Crippen molar-refractivity contribution in [2.75, 3.05) is 5.32 Å². The summed E-state index contributed by atoms with van der Waals surface area (Å²) in [6, 6.07) is 5.61. The average molecular weight is 301 g/mol. The molecule has 1 atom stereocenters. The number of rotatable bonds is 2. The number of benzene rings is 1. The van der Waals surface area contributed by atoms with Crippen LogP contribution in [-0.4, -0.2) is 11.0 Å². The van der Waals surface area contributed by atoms with E-state index in [0.717, 1.165) is 36.1 Å². The van der Waals surface area contributed by atoms with Gasteiger partial charge in [0.05, 0.1) is 5.92 Å². The second-order valence-corrected chi connectivity index (χ2v) is 6.69. The molecule has 0 aliphatic heterocycles. The van der Waals surface area contributed by atoms with E-state index >= 15 is 0 Å². The van der Waals surface area contributed by atoms with E-state index in [-0.39, 0.29) is 17.6 Å². The number of carbonyl (C=O) groups excluding carboxylic acids is 1. The second kappa shape index (κ2) is 5.53. The minimum atomic E-state index is -0.0477. The molecule has 1 aromatic carbocycles. The molecule has 1 aromatic heterocycles. The van der Waals surface area contributed by atoms with Crippen molar-refractivity contribution in [1.82, 2.24) is 0 Å². The predicted octanol–water partition coefficient (Wildman–Crippen LogP) is 4.13. The van der Waals surface area contributed by atoms with Crippen LogP contribution in [0.3, 0.4) is 0 Å². The predicted molar refractivity (Wildman–Crippen MR) is 86.2 cm³/mol. The lowest BCUT2D eigenvalue weighted by molar-refractivity contribution is -0.117. The first-order valence-corrected chi connectivity index (χ1v) is 8.11. The van der Waals surface area contributed by atoms with Gasteiger partial charge in [0.25, 0.3) is 0 Å². The molecule has 1 aliphatic rings. The zero-order chi connectivity index (χ0) is 15.0. The summed E-state index contributed by atoms with van der Waals surface area (Å²) in [6.45, 7) is 3.73. The van der Waals surface area contributed by atoms with Gasteiger partial charge in [-0.05, 0) is 73.4 Å². The van der Waals surface area contributed by atoms with Crippen LogP contribution in [0.1, 0.15) is 40.3 Å². The van der Waals surface area contributed by atoms with E-state index in [1.54, 1.807) is 17.4 Å². The maximum absolute atomic E-state index is 12.6. The van der Waals surface area contributed by atoms with Crippen LogP contribution < -0.4 is 5.32 Å². The summed E-state index contributed by atoms with van der Waals surface area (Å²) in [5.74, 6) is 0.277. The summed E-state index contributed by atoms with van der Waals surface area (Å²) in [5, 5.41) is 14.8. The molecule has 2 aromatic rings. The summed E-state index contributed by atoms with van der Waals surface area (Å²) in [7, 11) is 0. The van der Waals surface area contributed by atoms with E-state index < -0.39 is 0 Å². The quantitative estimate of drug-likeness (QED) is 0.819. The number of phenolic OH excluding ortho intramolecular Hbond substituents is 1. The molecule has 21 heavy (non-hydrogen) atoms. The van der Waals surface area contributed by atoms with Crippen molar-refractivity contribution in [3.8, 4) is 5.75 Å². The molecule has 110 valence electrons. The van der Waals surface area contributed by atoms with Gasteiger partial charge in [-0.3, -0.25) is 4.79 Å². The topological polar surface area (TPSA) is 49.3 Å². The van der Waals surface area contributed by atoms with Crippen molar-refractivity contribution in [2.24, 2.45) is 0 Å². The Labute approximate surface area is 128 Å². The van der Waals surface area contributed by atoms with E-state index in [2.05, 4.69) is 16.8 Å². The van der Waals surface area contributed by atoms with Crippen molar-refractivity contribution in [3.63, 3.8) is 0 Å². The molecule has 1 amide bonds. The number of phenols is 1. The molecule has 0 saturated heterocycles. The normalized spacial score (nSPS) is 17.3. The van der Waals surface area contributed by atoms with Crippen molar-refractivity contribution in [2.45, 2.75) is 39.0 Å². The van der Waals surface area contributed by atoms with Gasteiger partial charge < -0.3 is 10.4 Å². The maximum atomic E-state index is 12.6. The number of thiophene rings is 1. The van der Waals surface area contributed by atoms with Crippen LogP contribution in [0.2, 0.25) is 0 Å². The SMILES string of the molecule is Cc1cc(NC(=O)C2CCCc3sccc32)c(C)cc1O. The van der Waals surface area contributed by atoms with Gasteiger partial charge in [0.15, 0.2) is 0 Å². The van der Waals surface area contributed by atoms with Gasteiger partial charge in [0.2, 0.25) is 5.91 Å². The smallest absolute Gasteiger partial charge is 0.231 e. The van der Waals surface area contributed by atoms with E-state index in [9.17, 15) is 9.90 Å². The Bertz CT molecular complexity index is 690. The Morgan fingerprint density at radius 2 is 2.14 bits per heavy atom. The maximum Gasteiger partial charge on any atom is 0.231 e. The molecule has 1 unspecified atom stereocenters. The standard InChI is InChI=1S/C17H19NO2S/c1-10-9-15(19)11(2)8-14(10)18-17(20)13-4-3-5-16-12(13)6-7-21-16/h6-9,13,19H,3-5H2,1-2H3,(H,18,20). The van der Waals surface area contributed by atoms with Crippen LogP contribution in [0.5, 0.6) is 5.75 Å². The third-order valence-electron chi connectivity index (χ3n) is 4.17. The molecule has 1 heterocycles. The van der Waals surface area contributed by atoms with Gasteiger partial charge in [-0.1, -0.05) is 0 Å². The third kappa shape index (κ3) is 2.68. The molecular formula is C17H19NO2S. The van der Waals surface area contributed by atoms with Crippen LogP contribution in [0.15, 0.2) is 23.6 Å². The van der Waals surface area contributed by atoms with Gasteiger partial charge in [0, 0.05) is 10.6 Å². The van der Waals surface area contributed by atoms with Crippen LogP contribution in [0, 0.1) is 13.8 Å². The first-order valence-electron chi connectivity index (χ1n) is 7.23. The number of anilines is 1. The number of aryl methyl sites for hydroxylation is 3. The number of hydrogen-bond donors (Lipinski definition) is 2. The lowest BCUT2D eigenvalue weighted by Gasteiger charge is -2.22. The van der Waals surface area contributed by atoms with Crippen LogP contribution in [-0.2, 0) is 11.2 Å². The lowest BCUT2D eigenvalue weighted by atomic mass is 9.87. The van der Waals surface area contributed by atoms with Crippen molar-refractivity contribution in [1.29, 1.82) is 0 Å². The van der Waals surface area contributed by atoms with E-state index in [4.69, 9.17) is 0 Å². The Balaban J connectivity index is 1.84. The number of aromatic hydroxyl groups is 1. The highest BCUT2D eigenvalue weighted by Crippen LogP contribution is 2.36. The Morgan fingerprint density at radius 3 is 2.95 bits per heavy atom. The number of amides is 1. The largest absolute Gasteiger partial charge is 0.508 e. The molecule has 2 N–H and O–H groups in total. The summed E-state index contributed by atoms with van der Waals surface area (Å²) in [6.07, 6.45) is 3.07. The Kier molecular flexibility index (Phi) is 3.72. The van der Waals surface area contributed by atoms with Gasteiger partial charge >= 0.3 is 0 Å². The minimum Gasteiger partial charge on any atom is -0.508 e. The van der Waals surface area contributed by atoms with Crippen LogP contribution in [0.4, 0.5) is 5.69 Å². The number of nitrogens with one attached hydrogen (secondary N) is 1. The summed E-state index contributed by atoms with van der Waals surface area (Å²) < 4.78 is 0. The number of carbonyl (C=O) groups is 1. The molecule has 3 rings (SSSR count). The Morgan fingerprint density at radius 1 is 1.33 bits per heavy atom. The highest BCUT2D eigenvalue weighted by atomic mass is 32.1. The minimum absolute atomic E-state index is 0.0477. The third-order valence-corrected chi connectivity index (χ3v) is 5.17. The first-order chi connectivity index (χ1) is 10.1. The molecule has 0 radical (unpaired) electrons. The lowest BCUT2D eigenvalue weighted by Crippen LogP contribution is -2.24. The molecule has 0 saturated carbocycles. The fraction of sp³-hybridized carbons (Fsp3) is 0.353. The summed E-state index contributed by atoms with van der Waals surface area (Å²) >= 11 is 1.75. The first kappa shape index (κ1) is 14.1. The fourth-order valence-electron chi connectivity index (χ4n) is 2.91. The van der Waals surface area contributed by atoms with E-state index in [1.807, 2.05) is 19.9 Å². The van der Waals surface area contributed by atoms with E-state index in [1.165, 1.54) is 10.4 Å². The van der Waals surface area contributed by atoms with Crippen molar-refractivity contribution in [3.05, 3.63) is 45.1 Å². The second-order valence-electron chi connectivity index (χ2n) is 5.69. The summed E-state index contributed by atoms with van der Waals surface area (Å²) in [4.78, 5) is 14.0.